The van der Waals surface area contributed by atoms with Crippen LogP contribution in [0.5, 0.6) is 0 Å². The first kappa shape index (κ1) is 20.0. The van der Waals surface area contributed by atoms with Gasteiger partial charge in [0.15, 0.2) is 5.76 Å². The second-order valence-corrected chi connectivity index (χ2v) is 7.77. The number of para-hydroxylation sites is 2. The van der Waals surface area contributed by atoms with Gasteiger partial charge in [-0.1, -0.05) is 50.2 Å². The molecule has 0 saturated carbocycles. The zero-order chi connectivity index (χ0) is 21.1. The number of nitrogens with zero attached hydrogens (tertiary/aromatic N) is 2. The van der Waals surface area contributed by atoms with Crippen LogP contribution in [-0.4, -0.2) is 15.5 Å². The van der Waals surface area contributed by atoms with Crippen LogP contribution in [0.3, 0.4) is 0 Å². The fourth-order valence-electron chi connectivity index (χ4n) is 3.70. The molecule has 0 saturated heterocycles. The van der Waals surface area contributed by atoms with Crippen LogP contribution in [0.15, 0.2) is 71.3 Å². The maximum Gasteiger partial charge on any atom is 0.287 e. The van der Waals surface area contributed by atoms with Gasteiger partial charge in [-0.2, -0.15) is 0 Å². The van der Waals surface area contributed by atoms with Gasteiger partial charge in [0.1, 0.15) is 5.82 Å². The summed E-state index contributed by atoms with van der Waals surface area (Å²) in [5.74, 6) is 1.43. The van der Waals surface area contributed by atoms with E-state index in [-0.39, 0.29) is 11.9 Å². The number of carbonyl (C=O) groups excluding carboxylic acids is 1. The van der Waals surface area contributed by atoms with Crippen LogP contribution < -0.4 is 5.32 Å². The second kappa shape index (κ2) is 8.57. The third kappa shape index (κ3) is 4.01. The minimum absolute atomic E-state index is 0.246. The van der Waals surface area contributed by atoms with Gasteiger partial charge in [0, 0.05) is 6.54 Å². The van der Waals surface area contributed by atoms with E-state index in [2.05, 4.69) is 54.1 Å². The smallest absolute Gasteiger partial charge is 0.287 e. The molecule has 1 amide bonds. The Morgan fingerprint density at radius 2 is 1.83 bits per heavy atom. The lowest BCUT2D eigenvalue weighted by atomic mass is 9.97. The Labute approximate surface area is 176 Å². The first-order chi connectivity index (χ1) is 14.6. The predicted molar refractivity (Wildman–Crippen MR) is 119 cm³/mol. The van der Waals surface area contributed by atoms with E-state index in [4.69, 9.17) is 9.40 Å². The lowest BCUT2D eigenvalue weighted by molar-refractivity contribution is 0.0909. The van der Waals surface area contributed by atoms with Crippen molar-refractivity contribution >= 4 is 16.9 Å². The van der Waals surface area contributed by atoms with Gasteiger partial charge < -0.3 is 14.3 Å². The normalized spacial score (nSPS) is 13.3. The van der Waals surface area contributed by atoms with Crippen LogP contribution in [-0.2, 0) is 6.54 Å². The van der Waals surface area contributed by atoms with E-state index >= 15 is 0 Å². The molecule has 4 rings (SSSR count). The molecule has 0 aliphatic heterocycles. The van der Waals surface area contributed by atoms with Gasteiger partial charge in [-0.15, -0.1) is 0 Å². The summed E-state index contributed by atoms with van der Waals surface area (Å²) in [4.78, 5) is 17.3. The highest BCUT2D eigenvalue weighted by Crippen LogP contribution is 2.24. The van der Waals surface area contributed by atoms with Crippen LogP contribution in [0.4, 0.5) is 0 Å². The summed E-state index contributed by atoms with van der Waals surface area (Å²) < 4.78 is 7.40. The quantitative estimate of drug-likeness (QED) is 0.433. The van der Waals surface area contributed by atoms with E-state index in [1.54, 1.807) is 12.1 Å². The molecule has 0 aliphatic rings. The molecule has 2 aromatic carbocycles. The summed E-state index contributed by atoms with van der Waals surface area (Å²) in [6.07, 6.45) is 2.63. The molecule has 2 heterocycles. The van der Waals surface area contributed by atoms with Crippen molar-refractivity contribution in [2.45, 2.75) is 45.7 Å². The van der Waals surface area contributed by atoms with Gasteiger partial charge >= 0.3 is 0 Å². The van der Waals surface area contributed by atoms with Crippen LogP contribution in [0, 0.1) is 0 Å². The van der Waals surface area contributed by atoms with Crippen LogP contribution in [0.1, 0.15) is 66.7 Å². The van der Waals surface area contributed by atoms with Gasteiger partial charge in [-0.3, -0.25) is 4.79 Å². The third-order valence-corrected chi connectivity index (χ3v) is 5.67. The molecule has 2 atom stereocenters. The zero-order valence-corrected chi connectivity index (χ0v) is 17.6. The highest BCUT2D eigenvalue weighted by atomic mass is 16.3. The number of furan rings is 1. The first-order valence-corrected chi connectivity index (χ1v) is 10.4. The van der Waals surface area contributed by atoms with E-state index in [0.717, 1.165) is 23.3 Å². The molecule has 0 fully saturated rings. The minimum atomic E-state index is -0.269. The molecule has 0 radical (unpaired) electrons. The van der Waals surface area contributed by atoms with Gasteiger partial charge in [0.2, 0.25) is 0 Å². The lowest BCUT2D eigenvalue weighted by Gasteiger charge is -2.16. The molecule has 0 aliphatic carbocycles. The molecule has 0 bridgehead atoms. The third-order valence-electron chi connectivity index (χ3n) is 5.67. The topological polar surface area (TPSA) is 60.1 Å². The predicted octanol–water partition coefficient (Wildman–Crippen LogP) is 5.68. The van der Waals surface area contributed by atoms with Gasteiger partial charge in [-0.25, -0.2) is 4.98 Å². The maximum absolute atomic E-state index is 12.5. The minimum Gasteiger partial charge on any atom is -0.459 e. The van der Waals surface area contributed by atoms with Gasteiger partial charge in [-0.05, 0) is 54.7 Å². The Hall–Kier alpha value is -3.34. The Bertz CT molecular complexity index is 1130. The molecule has 2 aromatic heterocycles. The van der Waals surface area contributed by atoms with Crippen LogP contribution >= 0.6 is 0 Å². The number of hydrogen-bond donors (Lipinski definition) is 1. The Kier molecular flexibility index (Phi) is 5.70. The Morgan fingerprint density at radius 1 is 1.07 bits per heavy atom. The molecule has 154 valence electrons. The number of fused-ring (bicyclic) bond motifs is 1. The number of rotatable bonds is 7. The Balaban J connectivity index is 1.64. The van der Waals surface area contributed by atoms with Crippen molar-refractivity contribution in [1.82, 2.24) is 14.9 Å². The van der Waals surface area contributed by atoms with Crippen molar-refractivity contribution in [2.24, 2.45) is 0 Å². The summed E-state index contributed by atoms with van der Waals surface area (Å²) in [7, 11) is 0. The zero-order valence-electron chi connectivity index (χ0n) is 17.6. The number of carbonyl (C=O) groups is 1. The highest BCUT2D eigenvalue weighted by molar-refractivity contribution is 5.91. The van der Waals surface area contributed by atoms with E-state index in [1.807, 2.05) is 25.1 Å². The number of amides is 1. The number of hydrogen-bond acceptors (Lipinski definition) is 3. The fraction of sp³-hybridized carbons (Fsp3) is 0.280. The average Bonchev–Trinajstić information content (AvgIpc) is 3.43. The summed E-state index contributed by atoms with van der Waals surface area (Å²) >= 11 is 0. The van der Waals surface area contributed by atoms with E-state index in [0.29, 0.717) is 18.2 Å². The van der Waals surface area contributed by atoms with Gasteiger partial charge in [0.25, 0.3) is 5.91 Å². The highest BCUT2D eigenvalue weighted by Gasteiger charge is 2.20. The molecule has 30 heavy (non-hydrogen) atoms. The molecule has 4 aromatic rings. The van der Waals surface area contributed by atoms with Crippen LogP contribution in [0.25, 0.3) is 11.0 Å². The standard InChI is InChI=1S/C25H27N3O2/c1-4-17(2)20-13-11-19(12-14-20)16-28-22-9-6-5-8-21(22)27-24(28)18(3)26-25(29)23-10-7-15-30-23/h5-15,17-18H,4,16H2,1-3H3,(H,26,29). The second-order valence-electron chi connectivity index (χ2n) is 7.77. The van der Waals surface area contributed by atoms with Gasteiger partial charge in [0.05, 0.1) is 23.3 Å². The van der Waals surface area contributed by atoms with Crippen molar-refractivity contribution in [2.75, 3.05) is 0 Å². The van der Waals surface area contributed by atoms with Crippen molar-refractivity contribution in [3.05, 3.63) is 89.6 Å². The molecule has 5 nitrogen and oxygen atoms in total. The van der Waals surface area contributed by atoms with Crippen molar-refractivity contribution < 1.29 is 9.21 Å². The van der Waals surface area contributed by atoms with E-state index in [9.17, 15) is 4.79 Å². The lowest BCUT2D eigenvalue weighted by Crippen LogP contribution is -2.28. The van der Waals surface area contributed by atoms with Crippen molar-refractivity contribution in [1.29, 1.82) is 0 Å². The Morgan fingerprint density at radius 3 is 2.53 bits per heavy atom. The maximum atomic E-state index is 12.5. The summed E-state index contributed by atoms with van der Waals surface area (Å²) in [6, 6.07) is 20.0. The molecule has 2 unspecified atom stereocenters. The molecule has 0 spiro atoms. The molecular formula is C25H27N3O2. The SMILES string of the molecule is CCC(C)c1ccc(Cn2c(C(C)NC(=O)c3ccco3)nc3ccccc32)cc1. The average molecular weight is 402 g/mol. The van der Waals surface area contributed by atoms with Crippen molar-refractivity contribution in [3.63, 3.8) is 0 Å². The fourth-order valence-corrected chi connectivity index (χ4v) is 3.70. The summed E-state index contributed by atoms with van der Waals surface area (Å²) in [5, 5.41) is 3.00. The van der Waals surface area contributed by atoms with E-state index < -0.39 is 0 Å². The van der Waals surface area contributed by atoms with Crippen molar-refractivity contribution in [3.8, 4) is 0 Å². The molecule has 5 heteroatoms. The molecule has 1 N–H and O–H groups in total. The molecular weight excluding hydrogens is 374 g/mol. The largest absolute Gasteiger partial charge is 0.459 e. The number of imidazole rings is 1. The number of benzene rings is 2. The first-order valence-electron chi connectivity index (χ1n) is 10.4. The number of aromatic nitrogens is 2. The summed E-state index contributed by atoms with van der Waals surface area (Å²) in [5.41, 5.74) is 4.53. The number of nitrogens with one attached hydrogen (secondary N) is 1. The van der Waals surface area contributed by atoms with Crippen LogP contribution in [0.2, 0.25) is 0 Å². The van der Waals surface area contributed by atoms with E-state index in [1.165, 1.54) is 17.4 Å². The summed E-state index contributed by atoms with van der Waals surface area (Å²) in [6.45, 7) is 7.10. The monoisotopic (exact) mass is 401 g/mol.